The Morgan fingerprint density at radius 1 is 1.00 bits per heavy atom. The Morgan fingerprint density at radius 3 is 2.33 bits per heavy atom. The van der Waals surface area contributed by atoms with Crippen molar-refractivity contribution in [2.24, 2.45) is 0 Å². The largest absolute Gasteiger partial charge is 0.481 e. The van der Waals surface area contributed by atoms with Gasteiger partial charge in [-0.2, -0.15) is 0 Å². The molecule has 0 aromatic heterocycles. The number of carboxylic acids is 1. The molecule has 0 fully saturated rings. The Kier molecular flexibility index (Phi) is 5.84. The van der Waals surface area contributed by atoms with Gasteiger partial charge in [-0.1, -0.05) is 72.3 Å². The van der Waals surface area contributed by atoms with E-state index >= 15 is 0 Å². The molecule has 5 nitrogen and oxygen atoms in total. The van der Waals surface area contributed by atoms with E-state index in [1.165, 1.54) is 0 Å². The fraction of sp³-hybridized carbons (Fsp3) is 0.167. The van der Waals surface area contributed by atoms with Crippen molar-refractivity contribution >= 4 is 29.2 Å². The molecule has 2 atom stereocenters. The summed E-state index contributed by atoms with van der Waals surface area (Å²) in [6.45, 7) is 0.301. The fourth-order valence-corrected chi connectivity index (χ4v) is 3.86. The summed E-state index contributed by atoms with van der Waals surface area (Å²) in [5.74, 6) is -1.48. The number of rotatable bonds is 5. The Morgan fingerprint density at radius 2 is 1.67 bits per heavy atom. The third-order valence-corrected chi connectivity index (χ3v) is 5.29. The highest BCUT2D eigenvalue weighted by Gasteiger charge is 2.37. The van der Waals surface area contributed by atoms with Gasteiger partial charge in [0.2, 0.25) is 0 Å². The lowest BCUT2D eigenvalue weighted by Gasteiger charge is -2.25. The minimum Gasteiger partial charge on any atom is -0.481 e. The van der Waals surface area contributed by atoms with E-state index in [0.717, 1.165) is 16.7 Å². The third-order valence-electron chi connectivity index (χ3n) is 5.05. The van der Waals surface area contributed by atoms with Crippen LogP contribution in [-0.4, -0.2) is 23.1 Å². The third kappa shape index (κ3) is 4.22. The zero-order valence-corrected chi connectivity index (χ0v) is 16.8. The summed E-state index contributed by atoms with van der Waals surface area (Å²) in [5, 5.41) is 9.91. The summed E-state index contributed by atoms with van der Waals surface area (Å²) in [4.78, 5) is 26.5. The molecule has 0 saturated carbocycles. The van der Waals surface area contributed by atoms with Crippen LogP contribution in [0.5, 0.6) is 0 Å². The van der Waals surface area contributed by atoms with E-state index in [1.54, 1.807) is 23.1 Å². The SMILES string of the molecule is O=C(O)C[C@H]1O[C@H](c2ccccc2)c2cc(Cl)ccc2N(Cc2ccccc2)C1=O. The van der Waals surface area contributed by atoms with Gasteiger partial charge in [-0.25, -0.2) is 0 Å². The lowest BCUT2D eigenvalue weighted by Crippen LogP contribution is -2.40. The maximum Gasteiger partial charge on any atom is 0.306 e. The van der Waals surface area contributed by atoms with E-state index in [9.17, 15) is 14.7 Å². The molecule has 4 rings (SSSR count). The highest BCUT2D eigenvalue weighted by Crippen LogP contribution is 2.40. The van der Waals surface area contributed by atoms with Crippen LogP contribution in [0, 0.1) is 0 Å². The van der Waals surface area contributed by atoms with Crippen LogP contribution >= 0.6 is 11.6 Å². The summed E-state index contributed by atoms with van der Waals surface area (Å²) >= 11 is 6.29. The van der Waals surface area contributed by atoms with Gasteiger partial charge in [-0.3, -0.25) is 9.59 Å². The number of carboxylic acid groups (broad SMARTS) is 1. The molecule has 1 aliphatic heterocycles. The second kappa shape index (κ2) is 8.69. The van der Waals surface area contributed by atoms with Crippen LogP contribution in [-0.2, 0) is 20.9 Å². The summed E-state index contributed by atoms with van der Waals surface area (Å²) in [5.41, 5.74) is 3.14. The van der Waals surface area contributed by atoms with Crippen molar-refractivity contribution in [3.05, 3.63) is 101 Å². The molecule has 1 aliphatic rings. The molecule has 152 valence electrons. The van der Waals surface area contributed by atoms with Gasteiger partial charge in [0, 0.05) is 10.6 Å². The van der Waals surface area contributed by atoms with Crippen molar-refractivity contribution in [1.29, 1.82) is 0 Å². The number of benzene rings is 3. The van der Waals surface area contributed by atoms with Crippen LogP contribution in [0.4, 0.5) is 5.69 Å². The molecule has 0 saturated heterocycles. The molecule has 0 spiro atoms. The van der Waals surface area contributed by atoms with E-state index in [4.69, 9.17) is 16.3 Å². The highest BCUT2D eigenvalue weighted by molar-refractivity contribution is 6.30. The smallest absolute Gasteiger partial charge is 0.306 e. The van der Waals surface area contributed by atoms with Crippen LogP contribution in [0.1, 0.15) is 29.2 Å². The molecule has 0 bridgehead atoms. The number of anilines is 1. The summed E-state index contributed by atoms with van der Waals surface area (Å²) in [7, 11) is 0. The Hall–Kier alpha value is -3.15. The van der Waals surface area contributed by atoms with Gasteiger partial charge >= 0.3 is 5.97 Å². The topological polar surface area (TPSA) is 66.8 Å². The predicted molar refractivity (Wildman–Crippen MR) is 114 cm³/mol. The predicted octanol–water partition coefficient (Wildman–Crippen LogP) is 4.84. The number of fused-ring (bicyclic) bond motifs is 1. The molecule has 30 heavy (non-hydrogen) atoms. The highest BCUT2D eigenvalue weighted by atomic mass is 35.5. The molecule has 1 amide bonds. The maximum atomic E-state index is 13.4. The van der Waals surface area contributed by atoms with Crippen LogP contribution in [0.2, 0.25) is 5.02 Å². The summed E-state index contributed by atoms with van der Waals surface area (Å²) in [6, 6.07) is 24.3. The van der Waals surface area contributed by atoms with Crippen molar-refractivity contribution in [2.75, 3.05) is 4.90 Å². The Balaban J connectivity index is 1.85. The van der Waals surface area contributed by atoms with Crippen LogP contribution in [0.15, 0.2) is 78.9 Å². The normalized spacial score (nSPS) is 18.6. The van der Waals surface area contributed by atoms with Crippen LogP contribution < -0.4 is 4.90 Å². The van der Waals surface area contributed by atoms with Gasteiger partial charge in [-0.05, 0) is 29.3 Å². The lowest BCUT2D eigenvalue weighted by atomic mass is 9.99. The average molecular weight is 422 g/mol. The zero-order chi connectivity index (χ0) is 21.1. The number of hydrogen-bond donors (Lipinski definition) is 1. The van der Waals surface area contributed by atoms with Gasteiger partial charge < -0.3 is 14.7 Å². The van der Waals surface area contributed by atoms with Gasteiger partial charge in [0.1, 0.15) is 12.2 Å². The van der Waals surface area contributed by atoms with Gasteiger partial charge in [0.25, 0.3) is 5.91 Å². The molecule has 0 radical (unpaired) electrons. The average Bonchev–Trinajstić information content (AvgIpc) is 2.85. The molecular formula is C24H20ClNO4. The fourth-order valence-electron chi connectivity index (χ4n) is 3.68. The molecular weight excluding hydrogens is 402 g/mol. The first-order chi connectivity index (χ1) is 14.5. The van der Waals surface area contributed by atoms with E-state index in [2.05, 4.69) is 0 Å². The van der Waals surface area contributed by atoms with E-state index in [-0.39, 0.29) is 5.91 Å². The van der Waals surface area contributed by atoms with Gasteiger partial charge in [0.05, 0.1) is 18.7 Å². The van der Waals surface area contributed by atoms with Crippen molar-refractivity contribution in [3.8, 4) is 0 Å². The van der Waals surface area contributed by atoms with E-state index < -0.39 is 24.6 Å². The quantitative estimate of drug-likeness (QED) is 0.640. The monoisotopic (exact) mass is 421 g/mol. The van der Waals surface area contributed by atoms with Gasteiger partial charge in [0.15, 0.2) is 0 Å². The molecule has 3 aromatic rings. The number of ether oxygens (including phenoxy) is 1. The zero-order valence-electron chi connectivity index (χ0n) is 16.1. The number of halogens is 1. The molecule has 0 aliphatic carbocycles. The number of amides is 1. The van der Waals surface area contributed by atoms with E-state index in [1.807, 2.05) is 60.7 Å². The molecule has 1 N–H and O–H groups in total. The first-order valence-electron chi connectivity index (χ1n) is 9.60. The van der Waals surface area contributed by atoms with Crippen LogP contribution in [0.3, 0.4) is 0 Å². The molecule has 3 aromatic carbocycles. The number of carbonyl (C=O) groups excluding carboxylic acids is 1. The van der Waals surface area contributed by atoms with Crippen LogP contribution in [0.25, 0.3) is 0 Å². The number of carbonyl (C=O) groups is 2. The van der Waals surface area contributed by atoms with Crippen molar-refractivity contribution < 1.29 is 19.4 Å². The number of hydrogen-bond acceptors (Lipinski definition) is 3. The Labute approximate surface area is 179 Å². The summed E-state index contributed by atoms with van der Waals surface area (Å²) < 4.78 is 6.14. The molecule has 1 heterocycles. The van der Waals surface area contributed by atoms with E-state index in [0.29, 0.717) is 17.3 Å². The molecule has 0 unspecified atom stereocenters. The second-order valence-corrected chi connectivity index (χ2v) is 7.56. The maximum absolute atomic E-state index is 13.4. The minimum absolute atomic E-state index is 0.301. The standard InChI is InChI=1S/C24H20ClNO4/c25-18-11-12-20-19(13-18)23(17-9-5-2-6-10-17)30-21(14-22(27)28)24(29)26(20)15-16-7-3-1-4-8-16/h1-13,21,23H,14-15H2,(H,27,28)/t21-,23-/m1/s1. The number of nitrogens with zero attached hydrogens (tertiary/aromatic N) is 1. The first kappa shape index (κ1) is 20.1. The molecule has 6 heteroatoms. The first-order valence-corrected chi connectivity index (χ1v) is 9.97. The number of aliphatic carboxylic acids is 1. The minimum atomic E-state index is -1.12. The second-order valence-electron chi connectivity index (χ2n) is 7.13. The Bertz CT molecular complexity index is 1060. The van der Waals surface area contributed by atoms with Crippen molar-refractivity contribution in [1.82, 2.24) is 0 Å². The lowest BCUT2D eigenvalue weighted by molar-refractivity contribution is -0.146. The van der Waals surface area contributed by atoms with Crippen molar-refractivity contribution in [3.63, 3.8) is 0 Å². The van der Waals surface area contributed by atoms with Gasteiger partial charge in [-0.15, -0.1) is 0 Å². The van der Waals surface area contributed by atoms with Crippen molar-refractivity contribution in [2.45, 2.75) is 25.2 Å². The summed E-state index contributed by atoms with van der Waals surface area (Å²) in [6.07, 6.45) is -2.16.